The fourth-order valence-corrected chi connectivity index (χ4v) is 3.33. The summed E-state index contributed by atoms with van der Waals surface area (Å²) in [6.07, 6.45) is 0. The third kappa shape index (κ3) is 4.81. The monoisotopic (exact) mass is 434 g/mol. The van der Waals surface area contributed by atoms with Gasteiger partial charge in [0.15, 0.2) is 0 Å². The first-order chi connectivity index (χ1) is 13.9. The van der Waals surface area contributed by atoms with Crippen LogP contribution in [-0.2, 0) is 4.79 Å². The zero-order valence-corrected chi connectivity index (χ0v) is 16.8. The molecule has 0 spiro atoms. The molecule has 1 N–H and O–H groups in total. The Labute approximate surface area is 174 Å². The molecule has 10 nitrogen and oxygen atoms in total. The number of nitro benzene ring substituents is 1. The number of anilines is 1. The van der Waals surface area contributed by atoms with Crippen molar-refractivity contribution in [3.63, 3.8) is 0 Å². The number of methoxy groups -OCH3 is 1. The predicted octanol–water partition coefficient (Wildman–Crippen LogP) is 3.35. The maximum Gasteiger partial charge on any atom is 0.271 e. The van der Waals surface area contributed by atoms with E-state index in [1.165, 1.54) is 22.9 Å². The number of ether oxygens (including phenoxy) is 1. The molecule has 150 valence electrons. The third-order valence-corrected chi connectivity index (χ3v) is 5.18. The first-order valence-electron chi connectivity index (χ1n) is 8.23. The maximum atomic E-state index is 12.5. The molecular formula is C17H15ClN6O4S. The van der Waals surface area contributed by atoms with E-state index in [2.05, 4.69) is 20.8 Å². The number of hydrogen-bond donors (Lipinski definition) is 1. The summed E-state index contributed by atoms with van der Waals surface area (Å²) >= 11 is 7.18. The van der Waals surface area contributed by atoms with Crippen LogP contribution in [0.3, 0.4) is 0 Å². The highest BCUT2D eigenvalue weighted by Gasteiger charge is 2.21. The summed E-state index contributed by atoms with van der Waals surface area (Å²) in [5.41, 5.74) is 0.836. The van der Waals surface area contributed by atoms with Gasteiger partial charge in [-0.25, -0.2) is 0 Å². The molecule has 0 aliphatic rings. The number of tetrazole rings is 1. The second kappa shape index (κ2) is 8.88. The van der Waals surface area contributed by atoms with E-state index in [0.717, 1.165) is 11.8 Å². The Morgan fingerprint density at radius 1 is 1.31 bits per heavy atom. The van der Waals surface area contributed by atoms with Crippen molar-refractivity contribution in [2.75, 3.05) is 12.4 Å². The highest BCUT2D eigenvalue weighted by molar-refractivity contribution is 8.00. The minimum atomic E-state index is -0.566. The molecule has 12 heteroatoms. The molecule has 1 atom stereocenters. The van der Waals surface area contributed by atoms with E-state index in [9.17, 15) is 14.9 Å². The summed E-state index contributed by atoms with van der Waals surface area (Å²) in [6, 6.07) is 11.0. The number of non-ortho nitro benzene ring substituents is 1. The molecule has 3 rings (SSSR count). The van der Waals surface area contributed by atoms with Crippen LogP contribution in [0.1, 0.15) is 6.92 Å². The number of amides is 1. The number of thioether (sulfide) groups is 1. The van der Waals surface area contributed by atoms with Crippen molar-refractivity contribution in [2.24, 2.45) is 0 Å². The number of rotatable bonds is 7. The lowest BCUT2D eigenvalue weighted by molar-refractivity contribution is -0.384. The smallest absolute Gasteiger partial charge is 0.271 e. The summed E-state index contributed by atoms with van der Waals surface area (Å²) < 4.78 is 6.64. The van der Waals surface area contributed by atoms with Crippen LogP contribution in [0.25, 0.3) is 5.69 Å². The number of halogens is 1. The van der Waals surface area contributed by atoms with Crippen LogP contribution in [0.2, 0.25) is 5.02 Å². The Morgan fingerprint density at radius 3 is 2.66 bits per heavy atom. The molecule has 0 bridgehead atoms. The summed E-state index contributed by atoms with van der Waals surface area (Å²) in [7, 11) is 1.57. The molecule has 3 aromatic rings. The van der Waals surface area contributed by atoms with Crippen LogP contribution in [0.15, 0.2) is 47.6 Å². The zero-order chi connectivity index (χ0) is 21.0. The lowest BCUT2D eigenvalue weighted by Crippen LogP contribution is -2.23. The van der Waals surface area contributed by atoms with E-state index in [0.29, 0.717) is 16.6 Å². The van der Waals surface area contributed by atoms with Crippen LogP contribution < -0.4 is 10.1 Å². The maximum absolute atomic E-state index is 12.5. The molecule has 0 unspecified atom stereocenters. The number of nitro groups is 1. The van der Waals surface area contributed by atoms with E-state index in [-0.39, 0.29) is 22.3 Å². The molecule has 1 amide bonds. The van der Waals surface area contributed by atoms with Gasteiger partial charge in [-0.3, -0.25) is 14.9 Å². The summed E-state index contributed by atoms with van der Waals surface area (Å²) in [4.78, 5) is 22.7. The third-order valence-electron chi connectivity index (χ3n) is 3.83. The quantitative estimate of drug-likeness (QED) is 0.341. The normalized spacial score (nSPS) is 11.7. The highest BCUT2D eigenvalue weighted by Crippen LogP contribution is 2.29. The largest absolute Gasteiger partial charge is 0.497 e. The van der Waals surface area contributed by atoms with Gasteiger partial charge in [0, 0.05) is 12.1 Å². The standard InChI is InChI=1S/C17H15ClN6O4S/c1-10(16(25)19-15-8-5-12(24(26)27)9-14(15)18)29-17-20-21-22-23(17)11-3-6-13(28-2)7-4-11/h3-10H,1-2H3,(H,19,25)/t10-/m0/s1. The van der Waals surface area contributed by atoms with Gasteiger partial charge in [-0.15, -0.1) is 5.10 Å². The van der Waals surface area contributed by atoms with E-state index in [4.69, 9.17) is 16.3 Å². The van der Waals surface area contributed by atoms with Crippen LogP contribution in [0, 0.1) is 10.1 Å². The Bertz CT molecular complexity index is 1040. The zero-order valence-electron chi connectivity index (χ0n) is 15.3. The summed E-state index contributed by atoms with van der Waals surface area (Å²) in [6.45, 7) is 1.69. The summed E-state index contributed by atoms with van der Waals surface area (Å²) in [5, 5.41) is 25.0. The molecule has 29 heavy (non-hydrogen) atoms. The first kappa shape index (κ1) is 20.6. The second-order valence-electron chi connectivity index (χ2n) is 5.74. The first-order valence-corrected chi connectivity index (χ1v) is 9.49. The highest BCUT2D eigenvalue weighted by atomic mass is 35.5. The topological polar surface area (TPSA) is 125 Å². The average Bonchev–Trinajstić information content (AvgIpc) is 3.17. The van der Waals surface area contributed by atoms with E-state index < -0.39 is 10.2 Å². The van der Waals surface area contributed by atoms with Gasteiger partial charge in [-0.2, -0.15) is 4.68 Å². The van der Waals surface area contributed by atoms with Crippen LogP contribution >= 0.6 is 23.4 Å². The number of benzene rings is 2. The predicted molar refractivity (Wildman–Crippen MR) is 108 cm³/mol. The van der Waals surface area contributed by atoms with Crippen molar-refractivity contribution >= 4 is 40.6 Å². The van der Waals surface area contributed by atoms with Gasteiger partial charge in [-0.1, -0.05) is 23.4 Å². The number of carbonyl (C=O) groups is 1. The van der Waals surface area contributed by atoms with Gasteiger partial charge < -0.3 is 10.1 Å². The number of carbonyl (C=O) groups excluding carboxylic acids is 1. The van der Waals surface area contributed by atoms with Gasteiger partial charge in [0.05, 0.1) is 33.7 Å². The van der Waals surface area contributed by atoms with Gasteiger partial charge in [0.25, 0.3) is 5.69 Å². The van der Waals surface area contributed by atoms with Gasteiger partial charge in [0.2, 0.25) is 11.1 Å². The van der Waals surface area contributed by atoms with Crippen molar-refractivity contribution < 1.29 is 14.5 Å². The lowest BCUT2D eigenvalue weighted by Gasteiger charge is -2.12. The molecular weight excluding hydrogens is 420 g/mol. The Morgan fingerprint density at radius 2 is 2.03 bits per heavy atom. The Hall–Kier alpha value is -3.18. The van der Waals surface area contributed by atoms with Gasteiger partial charge in [-0.05, 0) is 47.7 Å². The average molecular weight is 435 g/mol. The van der Waals surface area contributed by atoms with Crippen molar-refractivity contribution in [1.29, 1.82) is 0 Å². The van der Waals surface area contributed by atoms with Crippen molar-refractivity contribution in [3.8, 4) is 11.4 Å². The lowest BCUT2D eigenvalue weighted by atomic mass is 10.2. The number of nitrogens with one attached hydrogen (secondary N) is 1. The number of hydrogen-bond acceptors (Lipinski definition) is 8. The van der Waals surface area contributed by atoms with E-state index in [1.54, 1.807) is 38.3 Å². The van der Waals surface area contributed by atoms with E-state index >= 15 is 0 Å². The number of nitrogens with zero attached hydrogens (tertiary/aromatic N) is 5. The molecule has 0 aliphatic carbocycles. The van der Waals surface area contributed by atoms with Crippen LogP contribution in [0.4, 0.5) is 11.4 Å². The molecule has 1 heterocycles. The molecule has 0 saturated heterocycles. The fourth-order valence-electron chi connectivity index (χ4n) is 2.30. The van der Waals surface area contributed by atoms with E-state index in [1.807, 2.05) is 0 Å². The summed E-state index contributed by atoms with van der Waals surface area (Å²) in [5.74, 6) is 0.346. The van der Waals surface area contributed by atoms with Gasteiger partial charge in [0.1, 0.15) is 5.75 Å². The van der Waals surface area contributed by atoms with Crippen LogP contribution in [-0.4, -0.2) is 43.4 Å². The molecule has 0 fully saturated rings. The van der Waals surface area contributed by atoms with Crippen molar-refractivity contribution in [2.45, 2.75) is 17.3 Å². The van der Waals surface area contributed by atoms with Gasteiger partial charge >= 0.3 is 0 Å². The molecule has 0 aliphatic heterocycles. The molecule has 2 aromatic carbocycles. The van der Waals surface area contributed by atoms with Crippen LogP contribution in [0.5, 0.6) is 5.75 Å². The minimum absolute atomic E-state index is 0.0767. The Balaban J connectivity index is 1.70. The van der Waals surface area contributed by atoms with Crippen molar-refractivity contribution in [3.05, 3.63) is 57.6 Å². The fraction of sp³-hybridized carbons (Fsp3) is 0.176. The van der Waals surface area contributed by atoms with Crippen molar-refractivity contribution in [1.82, 2.24) is 20.2 Å². The molecule has 0 radical (unpaired) electrons. The second-order valence-corrected chi connectivity index (χ2v) is 7.46. The Kier molecular flexibility index (Phi) is 6.29. The molecule has 1 aromatic heterocycles. The number of aromatic nitrogens is 4. The SMILES string of the molecule is COc1ccc(-n2nnnc2S[C@@H](C)C(=O)Nc2ccc([N+](=O)[O-])cc2Cl)cc1. The molecule has 0 saturated carbocycles. The minimum Gasteiger partial charge on any atom is -0.497 e.